The van der Waals surface area contributed by atoms with Crippen LogP contribution in [0.1, 0.15) is 0 Å². The van der Waals surface area contributed by atoms with Crippen LogP contribution in [0.5, 0.6) is 23.0 Å². The summed E-state index contributed by atoms with van der Waals surface area (Å²) in [6.07, 6.45) is 0. The predicted octanol–water partition coefficient (Wildman–Crippen LogP) is 11.3. The third-order valence-corrected chi connectivity index (χ3v) is 5.04. The number of rotatable bonds is 8. The molecule has 0 spiro atoms. The number of ether oxygens (including phenoxy) is 2. The van der Waals surface area contributed by atoms with Crippen molar-refractivity contribution in [3.05, 3.63) is 144 Å². The summed E-state index contributed by atoms with van der Waals surface area (Å²) in [4.78, 5) is 0. The normalized spacial score (nSPS) is 9.89. The molecule has 4 nitrogen and oxygen atoms in total. The molecular weight excluding hydrogens is 539 g/mol. The molecule has 0 atom stereocenters. The van der Waals surface area contributed by atoms with Crippen molar-refractivity contribution in [2.75, 3.05) is 0 Å². The monoisotopic (exact) mass is 560 g/mol. The first kappa shape index (κ1) is 26.7. The van der Waals surface area contributed by atoms with Gasteiger partial charge in [-0.25, -0.2) is 0 Å². The molecule has 0 fully saturated rings. The number of nitrogens with zero attached hydrogens (tertiary/aromatic N) is 2. The van der Waals surface area contributed by atoms with Gasteiger partial charge >= 0.3 is 35.6 Å². The van der Waals surface area contributed by atoms with Crippen LogP contribution in [0.25, 0.3) is 10.6 Å². The van der Waals surface area contributed by atoms with Gasteiger partial charge in [0.2, 0.25) is 0 Å². The van der Waals surface area contributed by atoms with Crippen molar-refractivity contribution in [2.24, 2.45) is 0 Å². The van der Waals surface area contributed by atoms with E-state index in [0.717, 1.165) is 34.2 Å². The zero-order chi connectivity index (χ0) is 25.7. The van der Waals surface area contributed by atoms with E-state index >= 15 is 0 Å². The smallest absolute Gasteiger partial charge is 0.127 e. The Bertz CT molecular complexity index is 1280. The molecule has 0 aliphatic heterocycles. The van der Waals surface area contributed by atoms with Crippen molar-refractivity contribution in [2.45, 2.75) is 0 Å². The maximum Gasteiger partial charge on any atom is 0.127 e. The maximum absolute atomic E-state index is 6.08. The van der Waals surface area contributed by atoms with Crippen LogP contribution in [0.2, 0.25) is 0 Å². The zero-order valence-corrected chi connectivity index (χ0v) is 22.7. The summed E-state index contributed by atoms with van der Waals surface area (Å²) < 4.78 is 12.2. The van der Waals surface area contributed by atoms with Crippen molar-refractivity contribution >= 4 is 41.4 Å². The number of hydrogen-bond donors (Lipinski definition) is 0. The van der Waals surface area contributed by atoms with E-state index in [1.54, 1.807) is 0 Å². The molecule has 5 aromatic rings. The van der Waals surface area contributed by atoms with Gasteiger partial charge in [-0.15, -0.1) is 0 Å². The molecule has 0 radical (unpaired) electrons. The Labute approximate surface area is 233 Å². The molecule has 5 rings (SSSR count). The molecule has 0 bridgehead atoms. The van der Waals surface area contributed by atoms with E-state index in [9.17, 15) is 0 Å². The van der Waals surface area contributed by atoms with E-state index in [2.05, 4.69) is 0 Å². The minimum absolute atomic E-state index is 0.556. The Morgan fingerprint density at radius 1 is 0.405 bits per heavy atom. The van der Waals surface area contributed by atoms with Gasteiger partial charge in [0, 0.05) is 0 Å². The van der Waals surface area contributed by atoms with Crippen LogP contribution in [-0.4, -0.2) is 0 Å². The van der Waals surface area contributed by atoms with Gasteiger partial charge in [-0.1, -0.05) is 108 Å². The van der Waals surface area contributed by atoms with Crippen LogP contribution in [0.15, 0.2) is 133 Å². The average molecular weight is 561 g/mol. The topological polar surface area (TPSA) is 46.7 Å². The van der Waals surface area contributed by atoms with E-state index in [4.69, 9.17) is 38.7 Å². The Hall–Kier alpha value is -3.41. The fourth-order valence-electron chi connectivity index (χ4n) is 3.42. The average Bonchev–Trinajstić information content (AvgIpc) is 2.94. The standard InChI is InChI=1S/C30H22N2O2.2ClH.Ti/c1-3-13-23(14-4-1)33-29-21-11-9-19-27(29)31-25-17-7-8-18-26(25)32-28-20-10-12-22-30(28)34-24-15-5-2-6-16-24;;;/h1-22H;2*1H;/q-2;;;+2/p-2. The second-order valence-corrected chi connectivity index (χ2v) is 10.1. The molecule has 0 unspecified atom stereocenters. The van der Waals surface area contributed by atoms with Crippen LogP contribution in [0, 0.1) is 0 Å². The molecule has 7 heteroatoms. The van der Waals surface area contributed by atoms with Crippen LogP contribution < -0.4 is 9.47 Å². The molecular formula is C30H22Cl2N2O2Ti-2. The summed E-state index contributed by atoms with van der Waals surface area (Å²) in [5.74, 6) is 2.87. The van der Waals surface area contributed by atoms with E-state index in [0.29, 0.717) is 11.5 Å². The molecule has 5 aromatic carbocycles. The second-order valence-electron chi connectivity index (χ2n) is 7.55. The van der Waals surface area contributed by atoms with E-state index in [-0.39, 0.29) is 0 Å². The van der Waals surface area contributed by atoms with Crippen LogP contribution >= 0.6 is 18.6 Å². The van der Waals surface area contributed by atoms with Gasteiger partial charge in [-0.3, -0.25) is 0 Å². The summed E-state index contributed by atoms with van der Waals surface area (Å²) in [6, 6.07) is 42.6. The molecule has 0 saturated carbocycles. The maximum atomic E-state index is 6.08. The molecule has 0 saturated heterocycles. The molecule has 37 heavy (non-hydrogen) atoms. The van der Waals surface area contributed by atoms with Gasteiger partial charge in [-0.2, -0.15) is 11.4 Å². The minimum Gasteiger partial charge on any atom is -0.656 e. The molecule has 0 aliphatic carbocycles. The minimum atomic E-state index is -0.556. The van der Waals surface area contributed by atoms with Gasteiger partial charge in [0.25, 0.3) is 0 Å². The van der Waals surface area contributed by atoms with Gasteiger partial charge in [0.15, 0.2) is 0 Å². The summed E-state index contributed by atoms with van der Waals surface area (Å²) in [5, 5.41) is 9.77. The van der Waals surface area contributed by atoms with Crippen LogP contribution in [0.4, 0.5) is 22.7 Å². The molecule has 0 aromatic heterocycles. The van der Waals surface area contributed by atoms with Crippen LogP contribution in [0.3, 0.4) is 0 Å². The molecule has 184 valence electrons. The first-order chi connectivity index (χ1) is 18.3. The summed E-state index contributed by atoms with van der Waals surface area (Å²) in [5.41, 5.74) is 2.92. The van der Waals surface area contributed by atoms with E-state index < -0.39 is 17.0 Å². The van der Waals surface area contributed by atoms with Gasteiger partial charge in [0.1, 0.15) is 23.0 Å². The molecule has 0 amide bonds. The Morgan fingerprint density at radius 2 is 0.703 bits per heavy atom. The second kappa shape index (κ2) is 14.4. The van der Waals surface area contributed by atoms with Crippen molar-refractivity contribution in [3.8, 4) is 23.0 Å². The quantitative estimate of drug-likeness (QED) is 0.177. The van der Waals surface area contributed by atoms with Gasteiger partial charge in [0.05, 0.1) is 0 Å². The number of hydrogen-bond acceptors (Lipinski definition) is 2. The van der Waals surface area contributed by atoms with Gasteiger partial charge < -0.3 is 20.1 Å². The van der Waals surface area contributed by atoms with Gasteiger partial charge in [-0.05, 0) is 36.4 Å². The van der Waals surface area contributed by atoms with Crippen molar-refractivity contribution in [1.82, 2.24) is 0 Å². The summed E-state index contributed by atoms with van der Waals surface area (Å²) >= 11 is -0.556. The van der Waals surface area contributed by atoms with E-state index in [1.165, 1.54) is 0 Å². The Kier molecular flexibility index (Phi) is 10.3. The van der Waals surface area contributed by atoms with E-state index in [1.807, 2.05) is 133 Å². The first-order valence-corrected chi connectivity index (χ1v) is 15.7. The fourth-order valence-corrected chi connectivity index (χ4v) is 3.42. The Balaban J connectivity index is 0.00000102. The fraction of sp³-hybridized carbons (Fsp3) is 0. The SMILES string of the molecule is [Cl][Ti][Cl].c1ccc(Oc2ccccc2[N-]c2ccccc2[N-]c2ccccc2Oc2ccccc2)cc1. The molecule has 0 heterocycles. The first-order valence-electron chi connectivity index (χ1n) is 11.4. The van der Waals surface area contributed by atoms with Crippen molar-refractivity contribution < 1.29 is 26.5 Å². The van der Waals surface area contributed by atoms with Crippen LogP contribution in [-0.2, 0) is 17.0 Å². The van der Waals surface area contributed by atoms with Crippen molar-refractivity contribution in [1.29, 1.82) is 0 Å². The summed E-state index contributed by atoms with van der Waals surface area (Å²) in [6.45, 7) is 0. The third kappa shape index (κ3) is 8.04. The largest absolute Gasteiger partial charge is 0.656 e. The molecule has 0 N–H and O–H groups in total. The molecule has 0 aliphatic rings. The number of para-hydroxylation sites is 8. The van der Waals surface area contributed by atoms with Crippen molar-refractivity contribution in [3.63, 3.8) is 0 Å². The predicted molar refractivity (Wildman–Crippen MR) is 149 cm³/mol. The third-order valence-electron chi connectivity index (χ3n) is 5.04. The zero-order valence-electron chi connectivity index (χ0n) is 19.7. The Morgan fingerprint density at radius 3 is 1.08 bits per heavy atom. The number of halogens is 2. The number of benzene rings is 5. The summed E-state index contributed by atoms with van der Waals surface area (Å²) in [7, 11) is 9.78.